The summed E-state index contributed by atoms with van der Waals surface area (Å²) in [5.74, 6) is -0.537. The predicted molar refractivity (Wildman–Crippen MR) is 118 cm³/mol. The fraction of sp³-hybridized carbons (Fsp3) is 0.143. The van der Waals surface area contributed by atoms with Gasteiger partial charge in [0.1, 0.15) is 5.56 Å². The van der Waals surface area contributed by atoms with Crippen molar-refractivity contribution in [2.75, 3.05) is 23.4 Å². The summed E-state index contributed by atoms with van der Waals surface area (Å²) in [6, 6.07) is 15.8. The molecule has 1 aromatic heterocycles. The summed E-state index contributed by atoms with van der Waals surface area (Å²) in [7, 11) is 0. The van der Waals surface area contributed by atoms with Crippen LogP contribution in [-0.2, 0) is 0 Å². The highest BCUT2D eigenvalue weighted by atomic mass is 35.5. The molecule has 0 aliphatic rings. The predicted octanol–water partition coefficient (Wildman–Crippen LogP) is 4.15. The SMILES string of the molecule is CSc1cccc(NC(=O)c2c(NC[C@@H](O)c3cccc(Cl)c3)cc[nH]c2=O)c1. The van der Waals surface area contributed by atoms with E-state index in [1.165, 1.54) is 6.20 Å². The fourth-order valence-electron chi connectivity index (χ4n) is 2.78. The first-order chi connectivity index (χ1) is 14.0. The smallest absolute Gasteiger partial charge is 0.263 e. The summed E-state index contributed by atoms with van der Waals surface area (Å²) < 4.78 is 0. The maximum atomic E-state index is 12.8. The number of amides is 1. The molecule has 0 bridgehead atoms. The van der Waals surface area contributed by atoms with Crippen LogP contribution in [0.25, 0.3) is 0 Å². The number of nitrogens with one attached hydrogen (secondary N) is 3. The summed E-state index contributed by atoms with van der Waals surface area (Å²) in [4.78, 5) is 28.6. The summed E-state index contributed by atoms with van der Waals surface area (Å²) >= 11 is 7.51. The zero-order valence-corrected chi connectivity index (χ0v) is 17.2. The van der Waals surface area contributed by atoms with Gasteiger partial charge in [-0.05, 0) is 48.2 Å². The number of halogens is 1. The monoisotopic (exact) mass is 429 g/mol. The molecular formula is C21H20ClN3O3S. The molecule has 0 saturated carbocycles. The van der Waals surface area contributed by atoms with Gasteiger partial charge in [0, 0.05) is 28.3 Å². The Morgan fingerprint density at radius 3 is 2.76 bits per heavy atom. The van der Waals surface area contributed by atoms with Crippen molar-refractivity contribution in [2.24, 2.45) is 0 Å². The van der Waals surface area contributed by atoms with Crippen molar-refractivity contribution in [1.82, 2.24) is 4.98 Å². The fourth-order valence-corrected chi connectivity index (χ4v) is 3.44. The standard InChI is InChI=1S/C21H20ClN3O3S/c1-29-16-7-3-6-15(11-16)25-21(28)19-17(8-9-23-20(19)27)24-12-18(26)13-4-2-5-14(22)10-13/h2-11,18,26H,12H2,1H3,(H,25,28)(H2,23,24,27)/t18-/m1/s1. The quantitative estimate of drug-likeness (QED) is 0.423. The van der Waals surface area contributed by atoms with Gasteiger partial charge in [0.2, 0.25) is 0 Å². The molecule has 0 saturated heterocycles. The molecule has 150 valence electrons. The van der Waals surface area contributed by atoms with E-state index >= 15 is 0 Å². The highest BCUT2D eigenvalue weighted by molar-refractivity contribution is 7.98. The van der Waals surface area contributed by atoms with E-state index < -0.39 is 17.6 Å². The van der Waals surface area contributed by atoms with Gasteiger partial charge in [0.05, 0.1) is 11.8 Å². The van der Waals surface area contributed by atoms with Crippen molar-refractivity contribution >= 4 is 40.6 Å². The Kier molecular flexibility index (Phi) is 6.98. The van der Waals surface area contributed by atoms with E-state index in [1.54, 1.807) is 48.2 Å². The number of aliphatic hydroxyl groups excluding tert-OH is 1. The molecule has 2 aromatic carbocycles. The van der Waals surface area contributed by atoms with E-state index in [4.69, 9.17) is 11.6 Å². The summed E-state index contributed by atoms with van der Waals surface area (Å²) in [6.07, 6.45) is 2.53. The topological polar surface area (TPSA) is 94.2 Å². The van der Waals surface area contributed by atoms with Crippen LogP contribution in [0.15, 0.2) is 70.5 Å². The van der Waals surface area contributed by atoms with Gasteiger partial charge in [-0.2, -0.15) is 0 Å². The molecule has 1 amide bonds. The molecule has 29 heavy (non-hydrogen) atoms. The van der Waals surface area contributed by atoms with Gasteiger partial charge in [-0.1, -0.05) is 29.8 Å². The number of H-pyrrole nitrogens is 1. The zero-order valence-electron chi connectivity index (χ0n) is 15.6. The number of anilines is 2. The van der Waals surface area contributed by atoms with E-state index in [9.17, 15) is 14.7 Å². The average Bonchev–Trinajstić information content (AvgIpc) is 2.72. The van der Waals surface area contributed by atoms with Gasteiger partial charge >= 0.3 is 0 Å². The molecule has 1 heterocycles. The first kappa shape index (κ1) is 21.0. The van der Waals surface area contributed by atoms with Crippen LogP contribution in [0.3, 0.4) is 0 Å². The minimum atomic E-state index is -0.859. The molecule has 3 rings (SSSR count). The molecule has 0 fully saturated rings. The van der Waals surface area contributed by atoms with Crippen LogP contribution in [0.1, 0.15) is 22.0 Å². The van der Waals surface area contributed by atoms with Crippen molar-refractivity contribution in [1.29, 1.82) is 0 Å². The van der Waals surface area contributed by atoms with Crippen LogP contribution >= 0.6 is 23.4 Å². The van der Waals surface area contributed by atoms with Gasteiger partial charge in [-0.15, -0.1) is 11.8 Å². The number of benzene rings is 2. The van der Waals surface area contributed by atoms with Crippen LogP contribution in [0, 0.1) is 0 Å². The molecule has 0 unspecified atom stereocenters. The van der Waals surface area contributed by atoms with Crippen LogP contribution in [0.4, 0.5) is 11.4 Å². The number of aromatic amines is 1. The average molecular weight is 430 g/mol. The number of aromatic nitrogens is 1. The number of aliphatic hydroxyl groups is 1. The van der Waals surface area contributed by atoms with E-state index in [0.29, 0.717) is 22.0 Å². The first-order valence-corrected chi connectivity index (χ1v) is 10.4. The van der Waals surface area contributed by atoms with Gasteiger partial charge in [0.15, 0.2) is 0 Å². The lowest BCUT2D eigenvalue weighted by molar-refractivity contribution is 0.102. The third-order valence-corrected chi connectivity index (χ3v) is 5.20. The second-order valence-corrected chi connectivity index (χ2v) is 7.55. The molecule has 1 atom stereocenters. The number of carbonyl (C=O) groups is 1. The van der Waals surface area contributed by atoms with Crippen LogP contribution in [0.2, 0.25) is 5.02 Å². The highest BCUT2D eigenvalue weighted by Crippen LogP contribution is 2.21. The van der Waals surface area contributed by atoms with Crippen molar-refractivity contribution in [3.63, 3.8) is 0 Å². The van der Waals surface area contributed by atoms with Gasteiger partial charge in [0.25, 0.3) is 11.5 Å². The largest absolute Gasteiger partial charge is 0.387 e. The minimum Gasteiger partial charge on any atom is -0.387 e. The number of hydrogen-bond acceptors (Lipinski definition) is 5. The van der Waals surface area contributed by atoms with Crippen LogP contribution in [0.5, 0.6) is 0 Å². The van der Waals surface area contributed by atoms with E-state index in [2.05, 4.69) is 15.6 Å². The number of carbonyl (C=O) groups excluding carboxylic acids is 1. The Bertz CT molecular complexity index is 1070. The van der Waals surface area contributed by atoms with Gasteiger partial charge in [-0.25, -0.2) is 0 Å². The number of pyridine rings is 1. The molecule has 6 nitrogen and oxygen atoms in total. The molecule has 0 aliphatic carbocycles. The van der Waals surface area contributed by atoms with Crippen molar-refractivity contribution in [3.8, 4) is 0 Å². The molecule has 0 spiro atoms. The van der Waals surface area contributed by atoms with E-state index in [0.717, 1.165) is 4.90 Å². The Morgan fingerprint density at radius 2 is 2.00 bits per heavy atom. The van der Waals surface area contributed by atoms with Crippen LogP contribution < -0.4 is 16.2 Å². The number of hydrogen-bond donors (Lipinski definition) is 4. The lowest BCUT2D eigenvalue weighted by atomic mass is 10.1. The van der Waals surface area contributed by atoms with Crippen molar-refractivity contribution in [3.05, 3.63) is 87.3 Å². The van der Waals surface area contributed by atoms with Crippen molar-refractivity contribution in [2.45, 2.75) is 11.0 Å². The van der Waals surface area contributed by atoms with E-state index in [-0.39, 0.29) is 12.1 Å². The number of rotatable bonds is 7. The summed E-state index contributed by atoms with van der Waals surface area (Å²) in [5.41, 5.74) is 0.976. The molecular weight excluding hydrogens is 410 g/mol. The molecule has 0 radical (unpaired) electrons. The lowest BCUT2D eigenvalue weighted by Crippen LogP contribution is -2.26. The molecule has 0 aliphatic heterocycles. The minimum absolute atomic E-state index is 0.0552. The highest BCUT2D eigenvalue weighted by Gasteiger charge is 2.17. The molecule has 3 aromatic rings. The lowest BCUT2D eigenvalue weighted by Gasteiger charge is -2.15. The third kappa shape index (κ3) is 5.41. The Labute approximate surface area is 177 Å². The van der Waals surface area contributed by atoms with E-state index in [1.807, 2.05) is 24.5 Å². The first-order valence-electron chi connectivity index (χ1n) is 8.82. The summed E-state index contributed by atoms with van der Waals surface area (Å²) in [5, 5.41) is 16.6. The van der Waals surface area contributed by atoms with Crippen molar-refractivity contribution < 1.29 is 9.90 Å². The van der Waals surface area contributed by atoms with Gasteiger partial charge < -0.3 is 20.7 Å². The maximum Gasteiger partial charge on any atom is 0.263 e. The number of thioether (sulfide) groups is 1. The molecule has 4 N–H and O–H groups in total. The Hall–Kier alpha value is -2.74. The summed E-state index contributed by atoms with van der Waals surface area (Å²) in [6.45, 7) is 0.103. The van der Waals surface area contributed by atoms with Gasteiger partial charge in [-0.3, -0.25) is 9.59 Å². The Balaban J connectivity index is 1.77. The second-order valence-electron chi connectivity index (χ2n) is 6.23. The zero-order chi connectivity index (χ0) is 20.8. The third-order valence-electron chi connectivity index (χ3n) is 4.23. The Morgan fingerprint density at radius 1 is 1.21 bits per heavy atom. The van der Waals surface area contributed by atoms with Crippen LogP contribution in [-0.4, -0.2) is 28.8 Å². The maximum absolute atomic E-state index is 12.8. The molecule has 8 heteroatoms. The second kappa shape index (κ2) is 9.65. The normalized spacial score (nSPS) is 11.7.